The first-order chi connectivity index (χ1) is 12.3. The zero-order valence-corrected chi connectivity index (χ0v) is 15.5. The van der Waals surface area contributed by atoms with Crippen LogP contribution in [0, 0.1) is 13.8 Å². The molecule has 0 atom stereocenters. The molecular formula is C19H18NO5S-. The number of carbonyl (C=O) groups excluding carboxylic acids is 1. The molecule has 26 heavy (non-hydrogen) atoms. The van der Waals surface area contributed by atoms with Crippen molar-refractivity contribution in [1.29, 1.82) is 0 Å². The Balaban J connectivity index is 2.14. The molecule has 136 valence electrons. The molecule has 1 aromatic heterocycles. The second-order valence-corrected chi connectivity index (χ2v) is 7.87. The zero-order valence-electron chi connectivity index (χ0n) is 14.6. The molecule has 0 amide bonds. The van der Waals surface area contributed by atoms with Crippen molar-refractivity contribution in [3.05, 3.63) is 59.4 Å². The van der Waals surface area contributed by atoms with Gasteiger partial charge in [0.2, 0.25) is 0 Å². The van der Waals surface area contributed by atoms with E-state index in [2.05, 4.69) is 0 Å². The van der Waals surface area contributed by atoms with E-state index in [-0.39, 0.29) is 17.2 Å². The van der Waals surface area contributed by atoms with Crippen LogP contribution in [0.1, 0.15) is 28.6 Å². The number of rotatable bonds is 5. The number of anilines is 1. The molecule has 1 heterocycles. The van der Waals surface area contributed by atoms with Gasteiger partial charge in [-0.15, -0.1) is 0 Å². The molecular weight excluding hydrogens is 354 g/mol. The van der Waals surface area contributed by atoms with Gasteiger partial charge in [0.25, 0.3) is 10.0 Å². The van der Waals surface area contributed by atoms with Crippen LogP contribution < -0.4 is 9.41 Å². The normalized spacial score (nSPS) is 11.7. The van der Waals surface area contributed by atoms with Gasteiger partial charge >= 0.3 is 0 Å². The van der Waals surface area contributed by atoms with E-state index in [1.165, 1.54) is 22.5 Å². The van der Waals surface area contributed by atoms with Gasteiger partial charge in [0.1, 0.15) is 11.6 Å². The number of hydrogen-bond donors (Lipinski definition) is 0. The van der Waals surface area contributed by atoms with Crippen LogP contribution >= 0.6 is 0 Å². The van der Waals surface area contributed by atoms with Gasteiger partial charge in [-0.05, 0) is 56.7 Å². The van der Waals surface area contributed by atoms with Gasteiger partial charge in [0.15, 0.2) is 5.76 Å². The fraction of sp³-hybridized carbons (Fsp3) is 0.211. The highest BCUT2D eigenvalue weighted by Crippen LogP contribution is 2.30. The molecule has 7 heteroatoms. The molecule has 0 saturated heterocycles. The topological polar surface area (TPSA) is 90.7 Å². The predicted octanol–water partition coefficient (Wildman–Crippen LogP) is 2.63. The first-order valence-corrected chi connectivity index (χ1v) is 9.53. The fourth-order valence-corrected chi connectivity index (χ4v) is 4.45. The van der Waals surface area contributed by atoms with Crippen molar-refractivity contribution in [2.24, 2.45) is 0 Å². The number of carboxylic acid groups (broad SMARTS) is 1. The second-order valence-electron chi connectivity index (χ2n) is 6.01. The van der Waals surface area contributed by atoms with Crippen molar-refractivity contribution in [2.75, 3.05) is 10.8 Å². The summed E-state index contributed by atoms with van der Waals surface area (Å²) in [6, 6.07) is 11.6. The van der Waals surface area contributed by atoms with Gasteiger partial charge in [-0.1, -0.05) is 12.1 Å². The van der Waals surface area contributed by atoms with Crippen LogP contribution in [0.25, 0.3) is 11.0 Å². The number of carboxylic acids is 1. The zero-order chi connectivity index (χ0) is 19.1. The molecule has 0 aliphatic carbocycles. The van der Waals surface area contributed by atoms with Crippen molar-refractivity contribution in [1.82, 2.24) is 0 Å². The first kappa shape index (κ1) is 18.0. The average molecular weight is 372 g/mol. The summed E-state index contributed by atoms with van der Waals surface area (Å²) in [4.78, 5) is 11.2. The number of nitrogens with zero attached hydrogens (tertiary/aromatic N) is 1. The minimum absolute atomic E-state index is 0.0714. The maximum absolute atomic E-state index is 13.1. The molecule has 0 aliphatic rings. The van der Waals surface area contributed by atoms with Crippen molar-refractivity contribution >= 4 is 32.6 Å². The lowest BCUT2D eigenvalue weighted by Gasteiger charge is -2.23. The molecule has 3 aromatic rings. The minimum atomic E-state index is -3.81. The first-order valence-electron chi connectivity index (χ1n) is 8.09. The number of aromatic carboxylic acids is 1. The van der Waals surface area contributed by atoms with E-state index < -0.39 is 16.0 Å². The smallest absolute Gasteiger partial charge is 0.264 e. The third kappa shape index (κ3) is 2.94. The molecule has 0 radical (unpaired) electrons. The third-order valence-corrected chi connectivity index (χ3v) is 6.16. The van der Waals surface area contributed by atoms with Crippen LogP contribution in [0.2, 0.25) is 0 Å². The molecule has 0 spiro atoms. The van der Waals surface area contributed by atoms with Crippen LogP contribution in [-0.2, 0) is 10.0 Å². The molecule has 0 aliphatic heterocycles. The lowest BCUT2D eigenvalue weighted by molar-refractivity contribution is -0.257. The maximum atomic E-state index is 13.1. The average Bonchev–Trinajstić information content (AvgIpc) is 2.92. The summed E-state index contributed by atoms with van der Waals surface area (Å²) < 4.78 is 32.8. The number of furan rings is 1. The summed E-state index contributed by atoms with van der Waals surface area (Å²) in [5.74, 6) is -1.72. The van der Waals surface area contributed by atoms with Crippen molar-refractivity contribution in [3.63, 3.8) is 0 Å². The van der Waals surface area contributed by atoms with Crippen molar-refractivity contribution < 1.29 is 22.7 Å². The number of fused-ring (bicyclic) bond motifs is 1. The second kappa shape index (κ2) is 6.49. The Morgan fingerprint density at radius 3 is 2.50 bits per heavy atom. The van der Waals surface area contributed by atoms with Crippen LogP contribution in [0.15, 0.2) is 51.8 Å². The van der Waals surface area contributed by atoms with E-state index >= 15 is 0 Å². The van der Waals surface area contributed by atoms with Crippen LogP contribution in [0.3, 0.4) is 0 Å². The summed E-state index contributed by atoms with van der Waals surface area (Å²) in [7, 11) is -3.81. The van der Waals surface area contributed by atoms with Crippen molar-refractivity contribution in [3.8, 4) is 0 Å². The molecule has 6 nitrogen and oxygen atoms in total. The Bertz CT molecular complexity index is 1100. The van der Waals surface area contributed by atoms with Crippen molar-refractivity contribution in [2.45, 2.75) is 25.7 Å². The molecule has 0 fully saturated rings. The Morgan fingerprint density at radius 1 is 1.15 bits per heavy atom. The number of sulfonamides is 1. The maximum Gasteiger partial charge on any atom is 0.264 e. The Kier molecular flexibility index (Phi) is 4.50. The van der Waals surface area contributed by atoms with E-state index in [4.69, 9.17) is 4.42 Å². The van der Waals surface area contributed by atoms with Gasteiger partial charge in [0, 0.05) is 17.5 Å². The molecule has 0 unspecified atom stereocenters. The lowest BCUT2D eigenvalue weighted by atomic mass is 10.1. The molecule has 2 aromatic carbocycles. The van der Waals surface area contributed by atoms with E-state index in [0.717, 1.165) is 5.56 Å². The fourth-order valence-electron chi connectivity index (χ4n) is 2.96. The van der Waals surface area contributed by atoms with Gasteiger partial charge < -0.3 is 14.3 Å². The standard InChI is InChI=1S/C19H19NO5S/c1-4-20(14-7-5-6-12(2)10-14)26(23,24)15-8-9-17-16(11-15)13(3)18(25-17)19(21)22/h5-11H,4H2,1-3H3,(H,21,22)/p-1. The Labute approximate surface area is 151 Å². The highest BCUT2D eigenvalue weighted by atomic mass is 32.2. The van der Waals surface area contributed by atoms with Gasteiger partial charge in [-0.3, -0.25) is 4.31 Å². The molecule has 3 rings (SSSR count). The van der Waals surface area contributed by atoms with E-state index in [0.29, 0.717) is 22.2 Å². The molecule has 0 N–H and O–H groups in total. The number of carbonyl (C=O) groups is 1. The number of benzene rings is 2. The summed E-state index contributed by atoms with van der Waals surface area (Å²) in [5.41, 5.74) is 2.18. The third-order valence-electron chi connectivity index (χ3n) is 4.26. The lowest BCUT2D eigenvalue weighted by Crippen LogP contribution is -2.30. The van der Waals surface area contributed by atoms with Gasteiger partial charge in [-0.2, -0.15) is 0 Å². The summed E-state index contributed by atoms with van der Waals surface area (Å²) in [6.45, 7) is 5.48. The van der Waals surface area contributed by atoms with E-state index in [1.807, 2.05) is 13.0 Å². The monoisotopic (exact) mass is 372 g/mol. The SMILES string of the molecule is CCN(c1cccc(C)c1)S(=O)(=O)c1ccc2oc(C(=O)[O-])c(C)c2c1. The summed E-state index contributed by atoms with van der Waals surface area (Å²) >= 11 is 0. The highest BCUT2D eigenvalue weighted by molar-refractivity contribution is 7.92. The van der Waals surface area contributed by atoms with Crippen LogP contribution in [-0.4, -0.2) is 20.9 Å². The largest absolute Gasteiger partial charge is 0.542 e. The van der Waals surface area contributed by atoms with Crippen LogP contribution in [0.4, 0.5) is 5.69 Å². The number of hydrogen-bond acceptors (Lipinski definition) is 5. The van der Waals surface area contributed by atoms with Gasteiger partial charge in [0.05, 0.1) is 10.6 Å². The number of aryl methyl sites for hydroxylation is 2. The Hall–Kier alpha value is -2.80. The molecule has 0 bridgehead atoms. The van der Waals surface area contributed by atoms with E-state index in [1.54, 1.807) is 32.0 Å². The highest BCUT2D eigenvalue weighted by Gasteiger charge is 2.25. The van der Waals surface area contributed by atoms with E-state index in [9.17, 15) is 18.3 Å². The summed E-state index contributed by atoms with van der Waals surface area (Å²) in [5, 5.41) is 11.5. The summed E-state index contributed by atoms with van der Waals surface area (Å²) in [6.07, 6.45) is 0. The van der Waals surface area contributed by atoms with Gasteiger partial charge in [-0.25, -0.2) is 8.42 Å². The minimum Gasteiger partial charge on any atom is -0.542 e. The Morgan fingerprint density at radius 2 is 1.88 bits per heavy atom. The molecule has 0 saturated carbocycles. The van der Waals surface area contributed by atoms with Crippen LogP contribution in [0.5, 0.6) is 0 Å². The predicted molar refractivity (Wildman–Crippen MR) is 96.7 cm³/mol. The quantitative estimate of drug-likeness (QED) is 0.687.